The van der Waals surface area contributed by atoms with E-state index in [1.165, 1.54) is 35.0 Å². The molecule has 212 valence electrons. The summed E-state index contributed by atoms with van der Waals surface area (Å²) in [6.45, 7) is 8.50. The molecule has 1 aromatic carbocycles. The number of aromatic hydroxyl groups is 1. The van der Waals surface area contributed by atoms with Gasteiger partial charge in [-0.2, -0.15) is 9.49 Å². The van der Waals surface area contributed by atoms with E-state index in [1.807, 2.05) is 13.8 Å². The van der Waals surface area contributed by atoms with Gasteiger partial charge < -0.3 is 25.0 Å². The first-order valence-corrected chi connectivity index (χ1v) is 12.6. The Kier molecular flexibility index (Phi) is 9.37. The number of aromatic nitrogens is 2. The smallest absolute Gasteiger partial charge is 0.341 e. The molecule has 2 aromatic rings. The van der Waals surface area contributed by atoms with Crippen molar-refractivity contribution in [3.8, 4) is 22.8 Å². The fourth-order valence-electron chi connectivity index (χ4n) is 3.98. The van der Waals surface area contributed by atoms with Gasteiger partial charge in [0.05, 0.1) is 17.7 Å². The highest BCUT2D eigenvalue weighted by molar-refractivity contribution is 5.95. The van der Waals surface area contributed by atoms with Crippen molar-refractivity contribution in [2.24, 2.45) is 5.92 Å². The number of hydrogen-bond donors (Lipinski definition) is 3. The van der Waals surface area contributed by atoms with Gasteiger partial charge in [0.15, 0.2) is 18.1 Å². The number of ether oxygens (including phenoxy) is 2. The number of carboxylic acid groups (broad SMARTS) is 1. The van der Waals surface area contributed by atoms with Crippen molar-refractivity contribution in [2.75, 3.05) is 6.61 Å². The number of halogens is 1. The van der Waals surface area contributed by atoms with Crippen LogP contribution >= 0.6 is 0 Å². The lowest BCUT2D eigenvalue weighted by molar-refractivity contribution is -0.155. The highest BCUT2D eigenvalue weighted by Crippen LogP contribution is 2.39. The molecule has 0 aliphatic heterocycles. The van der Waals surface area contributed by atoms with Crippen LogP contribution < -0.4 is 10.1 Å². The fraction of sp³-hybridized carbons (Fsp3) is 0.379. The minimum absolute atomic E-state index is 0.0178. The lowest BCUT2D eigenvalue weighted by atomic mass is 10.0. The highest BCUT2D eigenvalue weighted by atomic mass is 19.1. The highest BCUT2D eigenvalue weighted by Gasteiger charge is 2.26. The maximum absolute atomic E-state index is 13.6. The zero-order valence-electron chi connectivity index (χ0n) is 22.9. The number of allylic oxidation sites excluding steroid dienone is 4. The number of aliphatic carboxylic acids is 1. The normalized spacial score (nSPS) is 13.5. The number of carboxylic acids is 1. The largest absolute Gasteiger partial charge is 0.507 e. The van der Waals surface area contributed by atoms with Gasteiger partial charge >= 0.3 is 11.9 Å². The summed E-state index contributed by atoms with van der Waals surface area (Å²) >= 11 is 0. The number of esters is 1. The Hall–Kier alpha value is -4.59. The average Bonchev–Trinajstić information content (AvgIpc) is 3.26. The molecule has 10 nitrogen and oxygen atoms in total. The molecule has 0 radical (unpaired) electrons. The van der Waals surface area contributed by atoms with Gasteiger partial charge in [-0.15, -0.1) is 0 Å². The predicted molar refractivity (Wildman–Crippen MR) is 144 cm³/mol. The monoisotopic (exact) mass is 553 g/mol. The molecule has 0 fully saturated rings. The number of benzene rings is 1. The second kappa shape index (κ2) is 12.5. The summed E-state index contributed by atoms with van der Waals surface area (Å²) in [5.41, 5.74) is 4.54. The zero-order valence-corrected chi connectivity index (χ0v) is 22.9. The number of phenols is 1. The summed E-state index contributed by atoms with van der Waals surface area (Å²) in [4.78, 5) is 37.0. The van der Waals surface area contributed by atoms with Crippen LogP contribution in [0.1, 0.15) is 57.9 Å². The quantitative estimate of drug-likeness (QED) is 0.271. The molecule has 1 amide bonds. The van der Waals surface area contributed by atoms with Gasteiger partial charge in [0.2, 0.25) is 0 Å². The molecule has 1 aliphatic rings. The van der Waals surface area contributed by atoms with Crippen LogP contribution in [0.25, 0.3) is 17.0 Å². The predicted octanol–water partition coefficient (Wildman–Crippen LogP) is 4.61. The maximum atomic E-state index is 13.6. The molecule has 0 spiro atoms. The van der Waals surface area contributed by atoms with Crippen LogP contribution in [0.4, 0.5) is 4.39 Å². The van der Waals surface area contributed by atoms with E-state index in [2.05, 4.69) is 21.9 Å². The van der Waals surface area contributed by atoms with Gasteiger partial charge in [-0.3, -0.25) is 9.59 Å². The molecule has 0 saturated carbocycles. The molecule has 0 unspecified atom stereocenters. The van der Waals surface area contributed by atoms with Crippen molar-refractivity contribution in [1.29, 1.82) is 0 Å². The maximum Gasteiger partial charge on any atom is 0.341 e. The van der Waals surface area contributed by atoms with E-state index in [0.29, 0.717) is 6.42 Å². The number of hydrogen-bond acceptors (Lipinski definition) is 7. The summed E-state index contributed by atoms with van der Waals surface area (Å²) in [5, 5.41) is 27.0. The van der Waals surface area contributed by atoms with E-state index in [1.54, 1.807) is 20.8 Å². The van der Waals surface area contributed by atoms with E-state index < -0.39 is 41.9 Å². The first-order chi connectivity index (χ1) is 18.7. The second-order valence-electron chi connectivity index (χ2n) is 10.6. The second-order valence-corrected chi connectivity index (χ2v) is 10.6. The standard InChI is InChI=1S/C29H32FN3O7/c1-17(2)13-19(14-26(37)40-29(3,4)5)31-28(38)21-15-22(33(32-21)20-11-9-18(30)10-12-20)27-23(34)7-6-8-24(27)39-16-25(35)36/h6-9,11,15,17,19,34H,13-14,16H2,1-5H3,(H,31,38)(H,35,36)/t19-/m0/s1. The number of phenolic OH excluding ortho intramolecular Hbond substituents is 1. The van der Waals surface area contributed by atoms with Crippen molar-refractivity contribution < 1.29 is 38.5 Å². The van der Waals surface area contributed by atoms with Crippen LogP contribution in [0.2, 0.25) is 0 Å². The first-order valence-electron chi connectivity index (χ1n) is 12.6. The molecule has 3 N–H and O–H groups in total. The molecule has 0 bridgehead atoms. The molecule has 11 heteroatoms. The van der Waals surface area contributed by atoms with Crippen molar-refractivity contribution in [1.82, 2.24) is 15.1 Å². The number of nitrogens with zero attached hydrogens (tertiary/aromatic N) is 2. The van der Waals surface area contributed by atoms with Crippen molar-refractivity contribution in [2.45, 2.75) is 59.1 Å². The Morgan fingerprint density at radius 3 is 2.50 bits per heavy atom. The van der Waals surface area contributed by atoms with Crippen LogP contribution in [0.3, 0.4) is 0 Å². The zero-order chi connectivity index (χ0) is 29.6. The lowest BCUT2D eigenvalue weighted by Gasteiger charge is -2.23. The van der Waals surface area contributed by atoms with Crippen molar-refractivity contribution >= 4 is 23.5 Å². The third kappa shape index (κ3) is 8.20. The van der Waals surface area contributed by atoms with Crippen LogP contribution in [-0.2, 0) is 14.3 Å². The van der Waals surface area contributed by atoms with Gasteiger partial charge in [0, 0.05) is 6.04 Å². The number of nitrogens with one attached hydrogen (secondary N) is 1. The summed E-state index contributed by atoms with van der Waals surface area (Å²) in [5.74, 6) is -3.07. The first kappa shape index (κ1) is 30.0. The summed E-state index contributed by atoms with van der Waals surface area (Å²) in [6.07, 6.45) is 2.92. The van der Waals surface area contributed by atoms with E-state index in [-0.39, 0.29) is 46.5 Å². The van der Waals surface area contributed by atoms with Gasteiger partial charge in [0.1, 0.15) is 22.8 Å². The van der Waals surface area contributed by atoms with Crippen molar-refractivity contribution in [3.05, 3.63) is 59.4 Å². The Morgan fingerprint density at radius 1 is 1.18 bits per heavy atom. The molecular formula is C29H32FN3O7. The minimum atomic E-state index is -1.23. The van der Waals surface area contributed by atoms with Gasteiger partial charge in [0.25, 0.3) is 5.91 Å². The third-order valence-electron chi connectivity index (χ3n) is 5.40. The number of carbonyl (C=O) groups excluding carboxylic acids is 2. The molecule has 1 aliphatic carbocycles. The molecule has 3 rings (SSSR count). The Balaban J connectivity index is 2.04. The summed E-state index contributed by atoms with van der Waals surface area (Å²) < 4.78 is 25.6. The number of rotatable bonds is 11. The summed E-state index contributed by atoms with van der Waals surface area (Å²) in [7, 11) is 0. The molecule has 40 heavy (non-hydrogen) atoms. The van der Waals surface area contributed by atoms with Gasteiger partial charge in [-0.1, -0.05) is 19.9 Å². The van der Waals surface area contributed by atoms with Crippen LogP contribution in [-0.4, -0.2) is 56.1 Å². The van der Waals surface area contributed by atoms with E-state index >= 15 is 0 Å². The van der Waals surface area contributed by atoms with Crippen molar-refractivity contribution in [3.63, 3.8) is 0 Å². The minimum Gasteiger partial charge on any atom is -0.507 e. The SMILES string of the molecule is CC(C)C[C@@H](CC(=O)OC(C)(C)C)NC(=O)c1cc(-c2c(O)cccc2OCC(=O)O)n(C2=C=C=C(F)C=C2)n1. The molecule has 1 atom stereocenters. The fourth-order valence-corrected chi connectivity index (χ4v) is 3.98. The molecular weight excluding hydrogens is 521 g/mol. The van der Waals surface area contributed by atoms with Crippen LogP contribution in [0.5, 0.6) is 11.5 Å². The molecule has 0 saturated heterocycles. The van der Waals surface area contributed by atoms with E-state index in [9.17, 15) is 23.9 Å². The Labute approximate surface area is 231 Å². The van der Waals surface area contributed by atoms with E-state index in [4.69, 9.17) is 14.6 Å². The molecule has 1 heterocycles. The van der Waals surface area contributed by atoms with Gasteiger partial charge in [-0.25, -0.2) is 9.48 Å². The molecule has 1 aromatic heterocycles. The Morgan fingerprint density at radius 2 is 1.90 bits per heavy atom. The third-order valence-corrected chi connectivity index (χ3v) is 5.40. The number of carbonyl (C=O) groups is 3. The summed E-state index contributed by atoms with van der Waals surface area (Å²) in [6, 6.07) is 5.10. The lowest BCUT2D eigenvalue weighted by Crippen LogP contribution is -2.39. The average molecular weight is 554 g/mol. The Bertz CT molecular complexity index is 1440. The number of amides is 1. The topological polar surface area (TPSA) is 140 Å². The van der Waals surface area contributed by atoms with E-state index in [0.717, 1.165) is 6.08 Å². The van der Waals surface area contributed by atoms with Crippen LogP contribution in [0.15, 0.2) is 53.7 Å². The van der Waals surface area contributed by atoms with Gasteiger partial charge in [-0.05, 0) is 74.9 Å². The van der Waals surface area contributed by atoms with Crippen LogP contribution in [0, 0.1) is 5.92 Å².